The van der Waals surface area contributed by atoms with Gasteiger partial charge in [-0.3, -0.25) is 14.1 Å². The maximum Gasteiger partial charge on any atom is 0.418 e. The minimum Gasteiger partial charge on any atom is -0.409 e. The largest absolute Gasteiger partial charge is 0.418 e. The first-order valence-corrected chi connectivity index (χ1v) is 7.94. The topological polar surface area (TPSA) is 159 Å². The maximum atomic E-state index is 12.5. The van der Waals surface area contributed by atoms with E-state index in [0.29, 0.717) is 16.3 Å². The summed E-state index contributed by atoms with van der Waals surface area (Å²) < 4.78 is 36.8. The van der Waals surface area contributed by atoms with E-state index in [1.165, 1.54) is 22.9 Å². The molecule has 3 heterocycles. The Kier molecular flexibility index (Phi) is 3.83. The summed E-state index contributed by atoms with van der Waals surface area (Å²) in [4.78, 5) is 18.4. The van der Waals surface area contributed by atoms with Gasteiger partial charge < -0.3 is 10.1 Å². The normalized spacial score (nSPS) is 23.6. The third-order valence-electron chi connectivity index (χ3n) is 3.78. The quantitative estimate of drug-likeness (QED) is 0.199. The van der Waals surface area contributed by atoms with Crippen molar-refractivity contribution in [2.24, 2.45) is 12.2 Å². The first kappa shape index (κ1) is 16.4. The molecule has 0 radical (unpaired) electrons. The fourth-order valence-electron chi connectivity index (χ4n) is 2.94. The Morgan fingerprint density at radius 3 is 2.83 bits per heavy atom. The number of fused-ring (bicyclic) bond motifs is 4. The number of oxime groups is 1. The molecule has 0 spiro atoms. The highest BCUT2D eigenvalue weighted by Crippen LogP contribution is 2.44. The van der Waals surface area contributed by atoms with Gasteiger partial charge in [0, 0.05) is 12.6 Å². The summed E-state index contributed by atoms with van der Waals surface area (Å²) in [6.45, 7) is 0.0299. The average Bonchev–Trinajstić information content (AvgIpc) is 3.00. The van der Waals surface area contributed by atoms with E-state index in [2.05, 4.69) is 20.0 Å². The minimum atomic E-state index is -4.90. The fourth-order valence-corrected chi connectivity index (χ4v) is 3.31. The van der Waals surface area contributed by atoms with Crippen molar-refractivity contribution in [1.82, 2.24) is 25.2 Å². The molecule has 24 heavy (non-hydrogen) atoms. The van der Waals surface area contributed by atoms with Gasteiger partial charge in [-0.05, 0) is 0 Å². The molecule has 2 bridgehead atoms. The molecule has 0 saturated carbocycles. The number of amidine groups is 1. The number of aryl methyl sites for hydroxylation is 1. The summed E-state index contributed by atoms with van der Waals surface area (Å²) in [5.41, 5.74) is 3.31. The van der Waals surface area contributed by atoms with E-state index < -0.39 is 28.5 Å². The molecule has 1 aromatic rings. The second-order valence-electron chi connectivity index (χ2n) is 5.08. The smallest absolute Gasteiger partial charge is 0.409 e. The van der Waals surface area contributed by atoms with E-state index in [9.17, 15) is 18.4 Å². The number of hydrogen-bond acceptors (Lipinski definition) is 8. The Hall–Kier alpha value is -2.42. The SMILES string of the molecule is CON/C(=N\O)[C@@H]1c2c(cnn2C)[C@@H]2CN1C(=O)N2OS(=O)(=O)O. The van der Waals surface area contributed by atoms with Crippen molar-refractivity contribution in [3.63, 3.8) is 0 Å². The average molecular weight is 362 g/mol. The van der Waals surface area contributed by atoms with Gasteiger partial charge in [-0.25, -0.2) is 10.3 Å². The highest BCUT2D eigenvalue weighted by atomic mass is 32.3. The van der Waals surface area contributed by atoms with Crippen LogP contribution in [-0.4, -0.2) is 63.4 Å². The number of amides is 2. The molecule has 2 aliphatic heterocycles. The zero-order chi connectivity index (χ0) is 17.6. The van der Waals surface area contributed by atoms with Crippen LogP contribution in [0.2, 0.25) is 0 Å². The van der Waals surface area contributed by atoms with E-state index in [0.717, 1.165) is 0 Å². The summed E-state index contributed by atoms with van der Waals surface area (Å²) in [5, 5.41) is 16.9. The molecule has 1 saturated heterocycles. The molecule has 13 nitrogen and oxygen atoms in total. The predicted molar refractivity (Wildman–Crippen MR) is 74.6 cm³/mol. The number of carbonyl (C=O) groups excluding carboxylic acids is 1. The van der Waals surface area contributed by atoms with Gasteiger partial charge in [-0.15, -0.1) is 4.28 Å². The van der Waals surface area contributed by atoms with Crippen LogP contribution in [0, 0.1) is 0 Å². The molecule has 1 fully saturated rings. The van der Waals surface area contributed by atoms with Crippen LogP contribution in [0.4, 0.5) is 4.79 Å². The Bertz CT molecular complexity index is 805. The van der Waals surface area contributed by atoms with Crippen LogP contribution < -0.4 is 5.48 Å². The van der Waals surface area contributed by atoms with Gasteiger partial charge in [-0.2, -0.15) is 18.6 Å². The van der Waals surface area contributed by atoms with Crippen LogP contribution in [0.25, 0.3) is 0 Å². The van der Waals surface area contributed by atoms with Crippen LogP contribution in [0.1, 0.15) is 23.3 Å². The van der Waals surface area contributed by atoms with Gasteiger partial charge >= 0.3 is 16.4 Å². The lowest BCUT2D eigenvalue weighted by Crippen LogP contribution is -2.44. The minimum absolute atomic E-state index is 0.0299. The lowest BCUT2D eigenvalue weighted by atomic mass is 9.97. The standard InChI is InChI=1S/C10H14N6O7S/c1-14-7-5(3-11-14)6-4-15(8(7)9(12-18)13-22-2)10(17)16(6)23-24(19,20)21/h3,6,8,18H,4H2,1-2H3,(H,12,13)(H,19,20,21)/t6-,8-/m0/s1. The van der Waals surface area contributed by atoms with E-state index in [1.807, 2.05) is 0 Å². The van der Waals surface area contributed by atoms with Crippen molar-refractivity contribution < 1.29 is 32.1 Å². The summed E-state index contributed by atoms with van der Waals surface area (Å²) in [5.74, 6) is -0.108. The Balaban J connectivity index is 2.10. The van der Waals surface area contributed by atoms with Crippen LogP contribution in [0.3, 0.4) is 0 Å². The highest BCUT2D eigenvalue weighted by Gasteiger charge is 2.53. The van der Waals surface area contributed by atoms with Crippen molar-refractivity contribution in [3.8, 4) is 0 Å². The predicted octanol–water partition coefficient (Wildman–Crippen LogP) is -1.07. The molecule has 0 aliphatic carbocycles. The van der Waals surface area contributed by atoms with Crippen LogP contribution in [0.15, 0.2) is 11.4 Å². The number of aromatic nitrogens is 2. The van der Waals surface area contributed by atoms with Gasteiger partial charge in [0.25, 0.3) is 0 Å². The van der Waals surface area contributed by atoms with Gasteiger partial charge in [0.15, 0.2) is 5.84 Å². The Morgan fingerprint density at radius 2 is 2.25 bits per heavy atom. The summed E-state index contributed by atoms with van der Waals surface area (Å²) in [6.07, 6.45) is 1.44. The summed E-state index contributed by atoms with van der Waals surface area (Å²) >= 11 is 0. The fraction of sp³-hybridized carbons (Fsp3) is 0.500. The van der Waals surface area contributed by atoms with Crippen molar-refractivity contribution in [3.05, 3.63) is 17.5 Å². The monoisotopic (exact) mass is 362 g/mol. The summed E-state index contributed by atoms with van der Waals surface area (Å²) in [7, 11) is -2.00. The third-order valence-corrected chi connectivity index (χ3v) is 4.13. The van der Waals surface area contributed by atoms with Crippen molar-refractivity contribution >= 4 is 22.3 Å². The number of nitrogens with one attached hydrogen (secondary N) is 1. The van der Waals surface area contributed by atoms with Crippen LogP contribution >= 0.6 is 0 Å². The van der Waals surface area contributed by atoms with E-state index >= 15 is 0 Å². The molecule has 3 N–H and O–H groups in total. The zero-order valence-electron chi connectivity index (χ0n) is 12.5. The zero-order valence-corrected chi connectivity index (χ0v) is 13.3. The number of carbonyl (C=O) groups is 1. The molecule has 1 aromatic heterocycles. The third kappa shape index (κ3) is 2.44. The molecule has 2 amide bonds. The van der Waals surface area contributed by atoms with Crippen molar-refractivity contribution in [2.45, 2.75) is 12.1 Å². The first-order chi connectivity index (χ1) is 11.3. The number of rotatable bonds is 4. The molecular formula is C10H14N6O7S. The molecule has 2 aliphatic rings. The van der Waals surface area contributed by atoms with Gasteiger partial charge in [-0.1, -0.05) is 5.16 Å². The Morgan fingerprint density at radius 1 is 1.54 bits per heavy atom. The number of urea groups is 1. The first-order valence-electron chi connectivity index (χ1n) is 6.58. The van der Waals surface area contributed by atoms with Crippen LogP contribution in [0.5, 0.6) is 0 Å². The maximum absolute atomic E-state index is 12.5. The van der Waals surface area contributed by atoms with Gasteiger partial charge in [0.1, 0.15) is 12.1 Å². The number of hydroxylamine groups is 3. The second-order valence-corrected chi connectivity index (χ2v) is 6.09. The van der Waals surface area contributed by atoms with Crippen molar-refractivity contribution in [1.29, 1.82) is 0 Å². The molecular weight excluding hydrogens is 348 g/mol. The molecule has 2 atom stereocenters. The molecule has 0 unspecified atom stereocenters. The second kappa shape index (κ2) is 5.59. The summed E-state index contributed by atoms with van der Waals surface area (Å²) in [6, 6.07) is -2.56. The molecule has 132 valence electrons. The van der Waals surface area contributed by atoms with Crippen molar-refractivity contribution in [2.75, 3.05) is 13.7 Å². The van der Waals surface area contributed by atoms with Gasteiger partial charge in [0.05, 0.1) is 25.5 Å². The highest BCUT2D eigenvalue weighted by molar-refractivity contribution is 7.80. The lowest BCUT2D eigenvalue weighted by molar-refractivity contribution is -0.0316. The molecule has 3 rings (SSSR count). The lowest BCUT2D eigenvalue weighted by Gasteiger charge is -2.31. The van der Waals surface area contributed by atoms with Gasteiger partial charge in [0.2, 0.25) is 0 Å². The Labute approximate surface area is 135 Å². The number of nitrogens with zero attached hydrogens (tertiary/aromatic N) is 5. The van der Waals surface area contributed by atoms with E-state index in [1.54, 1.807) is 7.05 Å². The molecule has 0 aromatic carbocycles. The molecule has 14 heteroatoms. The number of hydrogen-bond donors (Lipinski definition) is 3. The van der Waals surface area contributed by atoms with E-state index in [4.69, 9.17) is 9.39 Å². The van der Waals surface area contributed by atoms with Crippen LogP contribution in [-0.2, 0) is 26.6 Å². The van der Waals surface area contributed by atoms with E-state index in [-0.39, 0.29) is 12.4 Å².